The van der Waals surface area contributed by atoms with E-state index in [4.69, 9.17) is 5.41 Å². The molecule has 0 unspecified atom stereocenters. The SMILES string of the molecule is CC(C)(C)c1cc[n+](Cc2cc(C(C)(C)C)cc(C=N)c2O)cc1. The number of rotatable bonds is 3. The summed E-state index contributed by atoms with van der Waals surface area (Å²) in [6.45, 7) is 13.6. The third-order valence-electron chi connectivity index (χ3n) is 4.35. The van der Waals surface area contributed by atoms with Crippen molar-refractivity contribution in [1.29, 1.82) is 5.41 Å². The molecule has 24 heavy (non-hydrogen) atoms. The summed E-state index contributed by atoms with van der Waals surface area (Å²) in [6, 6.07) is 8.20. The Balaban J connectivity index is 2.40. The minimum Gasteiger partial charge on any atom is -0.507 e. The molecule has 0 radical (unpaired) electrons. The maximum Gasteiger partial charge on any atom is 0.177 e. The molecule has 128 valence electrons. The molecule has 0 aliphatic heterocycles. The zero-order valence-electron chi connectivity index (χ0n) is 15.6. The average Bonchev–Trinajstić information content (AvgIpc) is 2.48. The van der Waals surface area contributed by atoms with E-state index >= 15 is 0 Å². The third kappa shape index (κ3) is 4.02. The Morgan fingerprint density at radius 3 is 1.96 bits per heavy atom. The highest BCUT2D eigenvalue weighted by Crippen LogP contribution is 2.30. The molecule has 3 heteroatoms. The molecule has 0 saturated carbocycles. The molecule has 0 bridgehead atoms. The number of pyridine rings is 1. The van der Waals surface area contributed by atoms with E-state index in [1.165, 1.54) is 11.8 Å². The lowest BCUT2D eigenvalue weighted by Gasteiger charge is -2.21. The van der Waals surface area contributed by atoms with Crippen LogP contribution in [0.15, 0.2) is 36.7 Å². The lowest BCUT2D eigenvalue weighted by atomic mass is 9.84. The Hall–Kier alpha value is -2.16. The van der Waals surface area contributed by atoms with Crippen LogP contribution in [0.2, 0.25) is 0 Å². The van der Waals surface area contributed by atoms with Gasteiger partial charge >= 0.3 is 0 Å². The van der Waals surface area contributed by atoms with Gasteiger partial charge in [-0.05, 0) is 34.1 Å². The lowest BCUT2D eigenvalue weighted by Crippen LogP contribution is -2.34. The quantitative estimate of drug-likeness (QED) is 0.641. The Morgan fingerprint density at radius 2 is 1.50 bits per heavy atom. The molecule has 1 heterocycles. The number of phenolic OH excluding ortho intramolecular Hbond substituents is 1. The number of hydrogen-bond donors (Lipinski definition) is 2. The summed E-state index contributed by atoms with van der Waals surface area (Å²) in [4.78, 5) is 0. The van der Waals surface area contributed by atoms with E-state index in [0.717, 1.165) is 11.1 Å². The van der Waals surface area contributed by atoms with E-state index < -0.39 is 0 Å². The summed E-state index contributed by atoms with van der Waals surface area (Å²) in [5.41, 5.74) is 3.92. The second-order valence-electron chi connectivity index (χ2n) is 8.48. The summed E-state index contributed by atoms with van der Waals surface area (Å²) in [6.07, 6.45) is 5.32. The van der Waals surface area contributed by atoms with Crippen LogP contribution in [0, 0.1) is 5.41 Å². The molecule has 1 aromatic heterocycles. The maximum absolute atomic E-state index is 10.5. The van der Waals surface area contributed by atoms with Crippen LogP contribution in [0.25, 0.3) is 0 Å². The molecule has 0 saturated heterocycles. The Kier molecular flexibility index (Phi) is 4.84. The molecule has 2 aromatic rings. The van der Waals surface area contributed by atoms with Crippen molar-refractivity contribution in [3.63, 3.8) is 0 Å². The van der Waals surface area contributed by atoms with E-state index in [1.807, 2.05) is 24.5 Å². The molecule has 0 aliphatic rings. The monoisotopic (exact) mass is 325 g/mol. The van der Waals surface area contributed by atoms with Gasteiger partial charge in [-0.3, -0.25) is 0 Å². The summed E-state index contributed by atoms with van der Waals surface area (Å²) >= 11 is 0. The van der Waals surface area contributed by atoms with E-state index in [-0.39, 0.29) is 16.6 Å². The lowest BCUT2D eigenvalue weighted by molar-refractivity contribution is -0.688. The number of nitrogens with zero attached hydrogens (tertiary/aromatic N) is 1. The standard InChI is InChI=1S/C21H28N2O/c1-20(2,3)17-7-9-23(10-8-17)14-16-12-18(21(4,5)6)11-15(13-22)19(16)24/h7-13H,14H2,1-6H3,(H-,22,24)/p+1. The fourth-order valence-electron chi connectivity index (χ4n) is 2.64. The van der Waals surface area contributed by atoms with Crippen molar-refractivity contribution in [2.45, 2.75) is 58.9 Å². The van der Waals surface area contributed by atoms with Crippen LogP contribution in [-0.2, 0) is 17.4 Å². The fourth-order valence-corrected chi connectivity index (χ4v) is 2.64. The largest absolute Gasteiger partial charge is 0.507 e. The van der Waals surface area contributed by atoms with Crippen molar-refractivity contribution in [2.75, 3.05) is 0 Å². The molecule has 0 atom stereocenters. The smallest absolute Gasteiger partial charge is 0.177 e. The van der Waals surface area contributed by atoms with Gasteiger partial charge in [0.2, 0.25) is 0 Å². The topological polar surface area (TPSA) is 48.0 Å². The first-order valence-corrected chi connectivity index (χ1v) is 8.39. The summed E-state index contributed by atoms with van der Waals surface area (Å²) < 4.78 is 2.06. The van der Waals surface area contributed by atoms with Gasteiger partial charge in [0.05, 0.1) is 5.56 Å². The number of hydrogen-bond acceptors (Lipinski definition) is 2. The van der Waals surface area contributed by atoms with Crippen molar-refractivity contribution in [3.05, 3.63) is 58.9 Å². The molecule has 0 fully saturated rings. The highest BCUT2D eigenvalue weighted by molar-refractivity contribution is 5.82. The van der Waals surface area contributed by atoms with Gasteiger partial charge in [0, 0.05) is 23.9 Å². The Bertz CT molecular complexity index is 732. The van der Waals surface area contributed by atoms with E-state index in [2.05, 4.69) is 58.2 Å². The fraction of sp³-hybridized carbons (Fsp3) is 0.429. The highest BCUT2D eigenvalue weighted by atomic mass is 16.3. The Labute approximate surface area is 145 Å². The zero-order valence-corrected chi connectivity index (χ0v) is 15.6. The maximum atomic E-state index is 10.5. The second-order valence-corrected chi connectivity index (χ2v) is 8.48. The summed E-state index contributed by atoms with van der Waals surface area (Å²) in [5, 5.41) is 18.0. The van der Waals surface area contributed by atoms with Gasteiger partial charge in [-0.1, -0.05) is 41.5 Å². The predicted octanol–water partition coefficient (Wildman–Crippen LogP) is 4.32. The van der Waals surface area contributed by atoms with Crippen molar-refractivity contribution in [3.8, 4) is 5.75 Å². The number of aromatic nitrogens is 1. The van der Waals surface area contributed by atoms with Gasteiger partial charge in [0.1, 0.15) is 5.75 Å². The predicted molar refractivity (Wildman–Crippen MR) is 99.1 cm³/mol. The minimum atomic E-state index is -0.0268. The molecule has 2 N–H and O–H groups in total. The third-order valence-corrected chi connectivity index (χ3v) is 4.35. The number of phenols is 1. The molecule has 2 rings (SSSR count). The molecule has 1 aromatic carbocycles. The molecule has 0 aliphatic carbocycles. The number of aromatic hydroxyl groups is 1. The Morgan fingerprint density at radius 1 is 0.958 bits per heavy atom. The summed E-state index contributed by atoms with van der Waals surface area (Å²) in [5.74, 6) is 0.199. The minimum absolute atomic E-state index is 0.0268. The summed E-state index contributed by atoms with van der Waals surface area (Å²) in [7, 11) is 0. The van der Waals surface area contributed by atoms with Crippen LogP contribution >= 0.6 is 0 Å². The van der Waals surface area contributed by atoms with Gasteiger partial charge in [0.25, 0.3) is 0 Å². The van der Waals surface area contributed by atoms with Gasteiger partial charge in [-0.15, -0.1) is 0 Å². The van der Waals surface area contributed by atoms with Crippen molar-refractivity contribution < 1.29 is 9.67 Å². The molecule has 0 amide bonds. The van der Waals surface area contributed by atoms with Crippen LogP contribution in [0.5, 0.6) is 5.75 Å². The molecular formula is C21H29N2O+. The van der Waals surface area contributed by atoms with Crippen molar-refractivity contribution in [2.24, 2.45) is 0 Å². The second kappa shape index (κ2) is 6.39. The van der Waals surface area contributed by atoms with E-state index in [0.29, 0.717) is 12.1 Å². The zero-order chi connectivity index (χ0) is 18.1. The van der Waals surface area contributed by atoms with Crippen LogP contribution < -0.4 is 4.57 Å². The van der Waals surface area contributed by atoms with Gasteiger partial charge < -0.3 is 10.5 Å². The van der Waals surface area contributed by atoms with Crippen LogP contribution in [0.3, 0.4) is 0 Å². The molecular weight excluding hydrogens is 296 g/mol. The first-order chi connectivity index (χ1) is 11.0. The van der Waals surface area contributed by atoms with Crippen LogP contribution in [-0.4, -0.2) is 11.3 Å². The van der Waals surface area contributed by atoms with Crippen LogP contribution in [0.4, 0.5) is 0 Å². The first-order valence-electron chi connectivity index (χ1n) is 8.39. The highest BCUT2D eigenvalue weighted by Gasteiger charge is 2.20. The first kappa shape index (κ1) is 18.2. The van der Waals surface area contributed by atoms with E-state index in [9.17, 15) is 5.11 Å². The van der Waals surface area contributed by atoms with Crippen molar-refractivity contribution >= 4 is 6.21 Å². The number of benzene rings is 1. The van der Waals surface area contributed by atoms with Gasteiger partial charge in [-0.25, -0.2) is 4.57 Å². The molecule has 0 spiro atoms. The van der Waals surface area contributed by atoms with Gasteiger partial charge in [-0.2, -0.15) is 0 Å². The van der Waals surface area contributed by atoms with Crippen molar-refractivity contribution in [1.82, 2.24) is 0 Å². The van der Waals surface area contributed by atoms with E-state index in [1.54, 1.807) is 0 Å². The average molecular weight is 325 g/mol. The number of nitrogens with one attached hydrogen (secondary N) is 1. The molecule has 3 nitrogen and oxygen atoms in total. The van der Waals surface area contributed by atoms with Gasteiger partial charge in [0.15, 0.2) is 18.9 Å². The normalized spacial score (nSPS) is 12.2. The van der Waals surface area contributed by atoms with Crippen LogP contribution in [0.1, 0.15) is 63.8 Å².